The van der Waals surface area contributed by atoms with Crippen LogP contribution in [0.2, 0.25) is 0 Å². The van der Waals surface area contributed by atoms with Crippen molar-refractivity contribution in [3.8, 4) is 0 Å². The molecule has 4 heteroatoms. The van der Waals surface area contributed by atoms with E-state index in [4.69, 9.17) is 4.74 Å². The van der Waals surface area contributed by atoms with Crippen LogP contribution in [0.3, 0.4) is 0 Å². The second kappa shape index (κ2) is 7.82. The molecule has 4 saturated carbocycles. The van der Waals surface area contributed by atoms with Crippen LogP contribution in [0.25, 0.3) is 0 Å². The quantitative estimate of drug-likeness (QED) is 0.426. The van der Waals surface area contributed by atoms with Gasteiger partial charge in [0.1, 0.15) is 0 Å². The van der Waals surface area contributed by atoms with E-state index in [1.807, 2.05) is 0 Å². The van der Waals surface area contributed by atoms with E-state index in [0.717, 1.165) is 51.4 Å². The molecule has 5 aliphatic rings. The first-order chi connectivity index (χ1) is 16.1. The van der Waals surface area contributed by atoms with Crippen LogP contribution in [-0.4, -0.2) is 35.5 Å². The first-order valence-corrected chi connectivity index (χ1v) is 14.3. The number of rotatable bonds is 2. The number of carbonyl (C=O) groups is 1. The van der Waals surface area contributed by atoms with E-state index in [1.165, 1.54) is 0 Å². The molecule has 0 aliphatic heterocycles. The molecule has 10 atom stereocenters. The Balaban J connectivity index is 1.60. The van der Waals surface area contributed by atoms with E-state index >= 15 is 0 Å². The molecule has 0 radical (unpaired) electrons. The molecule has 2 N–H and O–H groups in total. The number of aliphatic hydroxyl groups is 1. The Kier molecular flexibility index (Phi) is 5.76. The van der Waals surface area contributed by atoms with E-state index < -0.39 is 12.1 Å². The SMILES string of the molecule is CO[C@H]1[C@@H](O)C[C@@]2(C)[C@H](CC[C@]3(C)[C@H]2CC=C2[C@@H]4CC(C)(C)CC[C@H]4[C@@H](C(=O)O)C[C@@]23C)C1(C)C. The molecule has 0 saturated heterocycles. The van der Waals surface area contributed by atoms with Crippen LogP contribution in [-0.2, 0) is 9.53 Å². The fourth-order valence-corrected chi connectivity index (χ4v) is 11.3. The molecule has 5 rings (SSSR count). The molecule has 4 nitrogen and oxygen atoms in total. The van der Waals surface area contributed by atoms with Gasteiger partial charge in [-0.2, -0.15) is 0 Å². The molecular formula is C31H50O4. The van der Waals surface area contributed by atoms with Crippen molar-refractivity contribution < 1.29 is 19.7 Å². The van der Waals surface area contributed by atoms with Gasteiger partial charge in [0, 0.05) is 7.11 Å². The van der Waals surface area contributed by atoms with Gasteiger partial charge in [0.2, 0.25) is 0 Å². The third kappa shape index (κ3) is 3.33. The maximum absolute atomic E-state index is 12.7. The summed E-state index contributed by atoms with van der Waals surface area (Å²) in [7, 11) is 1.75. The highest BCUT2D eigenvalue weighted by Crippen LogP contribution is 2.75. The third-order valence-corrected chi connectivity index (χ3v) is 13.0. The fourth-order valence-electron chi connectivity index (χ4n) is 11.3. The predicted octanol–water partition coefficient (Wildman–Crippen LogP) is 6.71. The maximum atomic E-state index is 12.7. The standard InChI is InChI=1S/C31H50O4/c1-27(2)13-11-18-19(15-27)21-9-10-24-29(5)17-22(32)25(35-8)28(3,4)23(29)12-14-30(24,6)31(21,7)16-20(18)26(33)34/h9,18-20,22-25,32H,10-17H2,1-8H3,(H,33,34)/t18-,19-,20+,22+,23-,24+,25+,29+,30-,31+/m1/s1. The lowest BCUT2D eigenvalue weighted by Crippen LogP contribution is -2.67. The van der Waals surface area contributed by atoms with E-state index in [1.54, 1.807) is 12.7 Å². The van der Waals surface area contributed by atoms with Gasteiger partial charge in [0.25, 0.3) is 0 Å². The first-order valence-electron chi connectivity index (χ1n) is 14.3. The Morgan fingerprint density at radius 2 is 1.66 bits per heavy atom. The van der Waals surface area contributed by atoms with Gasteiger partial charge in [-0.3, -0.25) is 4.79 Å². The number of carboxylic acid groups (broad SMARTS) is 1. The monoisotopic (exact) mass is 486 g/mol. The highest BCUT2D eigenvalue weighted by Gasteiger charge is 2.69. The summed E-state index contributed by atoms with van der Waals surface area (Å²) in [6, 6.07) is 0. The van der Waals surface area contributed by atoms with E-state index in [-0.39, 0.29) is 45.0 Å². The minimum Gasteiger partial charge on any atom is -0.481 e. The van der Waals surface area contributed by atoms with Crippen LogP contribution < -0.4 is 0 Å². The average molecular weight is 487 g/mol. The summed E-state index contributed by atoms with van der Waals surface area (Å²) in [5.74, 6) is 0.781. The second-order valence-corrected chi connectivity index (χ2v) is 15.4. The van der Waals surface area contributed by atoms with E-state index in [0.29, 0.717) is 17.8 Å². The van der Waals surface area contributed by atoms with E-state index in [9.17, 15) is 15.0 Å². The van der Waals surface area contributed by atoms with Crippen molar-refractivity contribution in [3.63, 3.8) is 0 Å². The van der Waals surface area contributed by atoms with Crippen LogP contribution in [0.4, 0.5) is 0 Å². The molecular weight excluding hydrogens is 436 g/mol. The molecule has 0 unspecified atom stereocenters. The van der Waals surface area contributed by atoms with Gasteiger partial charge in [-0.05, 0) is 102 Å². The summed E-state index contributed by atoms with van der Waals surface area (Å²) in [5, 5.41) is 21.7. The lowest BCUT2D eigenvalue weighted by atomic mass is 9.33. The number of ether oxygens (including phenoxy) is 1. The zero-order valence-corrected chi connectivity index (χ0v) is 23.5. The summed E-state index contributed by atoms with van der Waals surface area (Å²) in [4.78, 5) is 12.7. The van der Waals surface area contributed by atoms with Crippen molar-refractivity contribution in [1.82, 2.24) is 0 Å². The van der Waals surface area contributed by atoms with Crippen molar-refractivity contribution in [2.75, 3.05) is 7.11 Å². The number of allylic oxidation sites excluding steroid dienone is 2. The third-order valence-electron chi connectivity index (χ3n) is 13.0. The number of aliphatic hydroxyl groups excluding tert-OH is 1. The number of carboxylic acids is 1. The Hall–Kier alpha value is -0.870. The summed E-state index contributed by atoms with van der Waals surface area (Å²) in [6.07, 6.45) is 10.2. The van der Waals surface area contributed by atoms with Crippen molar-refractivity contribution in [1.29, 1.82) is 0 Å². The lowest BCUT2D eigenvalue weighted by Gasteiger charge is -2.71. The van der Waals surface area contributed by atoms with Crippen LogP contribution in [0, 0.1) is 56.7 Å². The summed E-state index contributed by atoms with van der Waals surface area (Å²) in [5.41, 5.74) is 1.73. The highest BCUT2D eigenvalue weighted by molar-refractivity contribution is 5.71. The molecule has 4 fully saturated rings. The molecule has 0 heterocycles. The van der Waals surface area contributed by atoms with Gasteiger partial charge >= 0.3 is 5.97 Å². The van der Waals surface area contributed by atoms with Crippen molar-refractivity contribution in [2.24, 2.45) is 56.7 Å². The number of hydrogen-bond acceptors (Lipinski definition) is 3. The molecule has 0 bridgehead atoms. The van der Waals surface area contributed by atoms with Gasteiger partial charge < -0.3 is 14.9 Å². The Labute approximate surface area is 213 Å². The van der Waals surface area contributed by atoms with Crippen LogP contribution in [0.5, 0.6) is 0 Å². The minimum atomic E-state index is -0.581. The normalized spacial score (nSPS) is 52.3. The summed E-state index contributed by atoms with van der Waals surface area (Å²) in [6.45, 7) is 16.7. The number of aliphatic carboxylic acids is 1. The molecule has 0 aromatic rings. The molecule has 0 aromatic heterocycles. The molecule has 35 heavy (non-hydrogen) atoms. The molecule has 0 spiro atoms. The predicted molar refractivity (Wildman–Crippen MR) is 139 cm³/mol. The Morgan fingerprint density at radius 1 is 0.971 bits per heavy atom. The number of methoxy groups -OCH3 is 1. The molecule has 0 amide bonds. The average Bonchev–Trinajstić information content (AvgIpc) is 2.72. The van der Waals surface area contributed by atoms with Crippen molar-refractivity contribution >= 4 is 5.97 Å². The number of hydrogen-bond donors (Lipinski definition) is 2. The summed E-state index contributed by atoms with van der Waals surface area (Å²) >= 11 is 0. The Morgan fingerprint density at radius 3 is 2.29 bits per heavy atom. The smallest absolute Gasteiger partial charge is 0.306 e. The van der Waals surface area contributed by atoms with Crippen LogP contribution >= 0.6 is 0 Å². The van der Waals surface area contributed by atoms with Crippen LogP contribution in [0.15, 0.2) is 11.6 Å². The minimum absolute atomic E-state index is 0.0113. The lowest BCUT2D eigenvalue weighted by molar-refractivity contribution is -0.237. The van der Waals surface area contributed by atoms with Gasteiger partial charge in [-0.25, -0.2) is 0 Å². The second-order valence-electron chi connectivity index (χ2n) is 15.4. The fraction of sp³-hybridized carbons (Fsp3) is 0.903. The maximum Gasteiger partial charge on any atom is 0.306 e. The van der Waals surface area contributed by atoms with Gasteiger partial charge in [0.05, 0.1) is 18.1 Å². The number of fused-ring (bicyclic) bond motifs is 7. The zero-order valence-electron chi connectivity index (χ0n) is 23.5. The van der Waals surface area contributed by atoms with Gasteiger partial charge in [0.15, 0.2) is 0 Å². The summed E-state index contributed by atoms with van der Waals surface area (Å²) < 4.78 is 5.87. The largest absolute Gasteiger partial charge is 0.481 e. The van der Waals surface area contributed by atoms with Crippen molar-refractivity contribution in [2.45, 2.75) is 112 Å². The van der Waals surface area contributed by atoms with E-state index in [2.05, 4.69) is 54.5 Å². The first kappa shape index (κ1) is 25.8. The zero-order chi connectivity index (χ0) is 25.8. The topological polar surface area (TPSA) is 66.8 Å². The molecule has 5 aliphatic carbocycles. The van der Waals surface area contributed by atoms with Gasteiger partial charge in [-0.1, -0.05) is 60.1 Å². The Bertz CT molecular complexity index is 919. The highest BCUT2D eigenvalue weighted by atomic mass is 16.5. The van der Waals surface area contributed by atoms with Crippen LogP contribution in [0.1, 0.15) is 99.8 Å². The molecule has 198 valence electrons. The molecule has 0 aromatic carbocycles. The van der Waals surface area contributed by atoms with Gasteiger partial charge in [-0.15, -0.1) is 0 Å². The van der Waals surface area contributed by atoms with Crippen molar-refractivity contribution in [3.05, 3.63) is 11.6 Å².